The molecule has 0 amide bonds. The summed E-state index contributed by atoms with van der Waals surface area (Å²) in [5.74, 6) is 2.70. The molecule has 98 valence electrons. The fourth-order valence-corrected chi connectivity index (χ4v) is 2.28. The zero-order chi connectivity index (χ0) is 12.3. The minimum Gasteiger partial charge on any atom is -0.330 e. The van der Waals surface area contributed by atoms with Crippen LogP contribution >= 0.6 is 0 Å². The van der Waals surface area contributed by atoms with E-state index >= 15 is 0 Å². The van der Waals surface area contributed by atoms with Gasteiger partial charge in [-0.15, -0.1) is 12.3 Å². The lowest BCUT2D eigenvalue weighted by Crippen LogP contribution is -2.46. The molecule has 1 aliphatic heterocycles. The number of rotatable bonds is 8. The number of terminal acetylenes is 1. The van der Waals surface area contributed by atoms with E-state index in [4.69, 9.17) is 12.2 Å². The summed E-state index contributed by atoms with van der Waals surface area (Å²) < 4.78 is 0. The van der Waals surface area contributed by atoms with Gasteiger partial charge in [0.1, 0.15) is 0 Å². The van der Waals surface area contributed by atoms with Crippen molar-refractivity contribution in [2.75, 3.05) is 45.8 Å². The first-order valence-electron chi connectivity index (χ1n) is 6.95. The molecule has 0 aliphatic carbocycles. The Morgan fingerprint density at radius 1 is 0.882 bits per heavy atom. The van der Waals surface area contributed by atoms with Crippen molar-refractivity contribution in [3.05, 3.63) is 0 Å². The Bertz CT molecular complexity index is 214. The smallest absolute Gasteiger partial charge is 0.0110 e. The fourth-order valence-electron chi connectivity index (χ4n) is 2.28. The highest BCUT2D eigenvalue weighted by Gasteiger charge is 2.15. The van der Waals surface area contributed by atoms with E-state index < -0.39 is 0 Å². The van der Waals surface area contributed by atoms with Gasteiger partial charge in [-0.25, -0.2) is 0 Å². The Morgan fingerprint density at radius 2 is 1.41 bits per heavy atom. The minimum absolute atomic E-state index is 0.829. The zero-order valence-electron chi connectivity index (χ0n) is 11.0. The lowest BCUT2D eigenvalue weighted by molar-refractivity contribution is 0.129. The van der Waals surface area contributed by atoms with Crippen LogP contribution < -0.4 is 5.73 Å². The van der Waals surface area contributed by atoms with Crippen LogP contribution in [-0.4, -0.2) is 55.6 Å². The number of hydrogen-bond acceptors (Lipinski definition) is 3. The zero-order valence-corrected chi connectivity index (χ0v) is 11.0. The first-order valence-corrected chi connectivity index (χ1v) is 6.95. The Hall–Kier alpha value is -0.560. The maximum absolute atomic E-state index is 5.50. The fraction of sp³-hybridized carbons (Fsp3) is 0.857. The van der Waals surface area contributed by atoms with E-state index in [0.29, 0.717) is 0 Å². The van der Waals surface area contributed by atoms with Crippen molar-refractivity contribution in [3.8, 4) is 12.3 Å². The quantitative estimate of drug-likeness (QED) is 0.508. The Labute approximate surface area is 106 Å². The van der Waals surface area contributed by atoms with Crippen molar-refractivity contribution in [1.29, 1.82) is 0 Å². The van der Waals surface area contributed by atoms with Crippen molar-refractivity contribution in [2.24, 2.45) is 5.73 Å². The molecular formula is C14H27N3. The number of unbranched alkanes of at least 4 members (excludes halogenated alkanes) is 3. The topological polar surface area (TPSA) is 32.5 Å². The molecular weight excluding hydrogens is 210 g/mol. The molecule has 0 aromatic carbocycles. The Kier molecular flexibility index (Phi) is 8.08. The number of piperazine rings is 1. The number of hydrogen-bond donors (Lipinski definition) is 1. The molecule has 17 heavy (non-hydrogen) atoms. The highest BCUT2D eigenvalue weighted by atomic mass is 15.3. The second kappa shape index (κ2) is 9.47. The van der Waals surface area contributed by atoms with Crippen LogP contribution in [0.1, 0.15) is 32.1 Å². The third-order valence-electron chi connectivity index (χ3n) is 3.44. The summed E-state index contributed by atoms with van der Waals surface area (Å²) in [6.07, 6.45) is 11.0. The van der Waals surface area contributed by atoms with E-state index in [2.05, 4.69) is 15.7 Å². The van der Waals surface area contributed by atoms with Gasteiger partial charge in [-0.2, -0.15) is 0 Å². The van der Waals surface area contributed by atoms with Crippen LogP contribution in [0.25, 0.3) is 0 Å². The first kappa shape index (κ1) is 14.5. The Balaban J connectivity index is 1.99. The molecule has 1 saturated heterocycles. The molecule has 0 unspecified atom stereocenters. The predicted molar refractivity (Wildman–Crippen MR) is 73.9 cm³/mol. The van der Waals surface area contributed by atoms with Gasteiger partial charge < -0.3 is 15.5 Å². The molecule has 3 nitrogen and oxygen atoms in total. The summed E-state index contributed by atoms with van der Waals surface area (Å²) in [5.41, 5.74) is 5.50. The van der Waals surface area contributed by atoms with Gasteiger partial charge >= 0.3 is 0 Å². The van der Waals surface area contributed by atoms with E-state index in [1.54, 1.807) is 0 Å². The summed E-state index contributed by atoms with van der Waals surface area (Å²) in [5, 5.41) is 0. The van der Waals surface area contributed by atoms with Gasteiger partial charge in [0, 0.05) is 32.6 Å². The van der Waals surface area contributed by atoms with Crippen LogP contribution in [0.3, 0.4) is 0 Å². The SMILES string of the molecule is C#CCCCCN1CCN(CCCCN)CC1. The van der Waals surface area contributed by atoms with E-state index in [1.165, 1.54) is 58.5 Å². The third kappa shape index (κ3) is 6.68. The van der Waals surface area contributed by atoms with Crippen LogP contribution in [0.5, 0.6) is 0 Å². The van der Waals surface area contributed by atoms with Crippen LogP contribution in [0, 0.1) is 12.3 Å². The molecule has 1 rings (SSSR count). The second-order valence-corrected chi connectivity index (χ2v) is 4.84. The number of nitrogens with zero attached hydrogens (tertiary/aromatic N) is 2. The van der Waals surface area contributed by atoms with E-state index in [-0.39, 0.29) is 0 Å². The molecule has 0 radical (unpaired) electrons. The standard InChI is InChI=1S/C14H27N3/c1-2-3-4-6-9-16-11-13-17(14-12-16)10-7-5-8-15/h1H,3-15H2. The van der Waals surface area contributed by atoms with Crippen molar-refractivity contribution in [2.45, 2.75) is 32.1 Å². The Morgan fingerprint density at radius 3 is 1.88 bits per heavy atom. The molecule has 0 aromatic heterocycles. The average Bonchev–Trinajstić information content (AvgIpc) is 2.37. The molecule has 0 atom stereocenters. The minimum atomic E-state index is 0.829. The highest BCUT2D eigenvalue weighted by Crippen LogP contribution is 2.05. The largest absolute Gasteiger partial charge is 0.330 e. The maximum Gasteiger partial charge on any atom is 0.0110 e. The van der Waals surface area contributed by atoms with Crippen molar-refractivity contribution >= 4 is 0 Å². The molecule has 2 N–H and O–H groups in total. The van der Waals surface area contributed by atoms with Crippen LogP contribution in [0.2, 0.25) is 0 Å². The summed E-state index contributed by atoms with van der Waals surface area (Å²) in [7, 11) is 0. The van der Waals surface area contributed by atoms with Crippen molar-refractivity contribution in [1.82, 2.24) is 9.80 Å². The second-order valence-electron chi connectivity index (χ2n) is 4.84. The molecule has 1 aliphatic rings. The van der Waals surface area contributed by atoms with Gasteiger partial charge in [-0.05, 0) is 45.3 Å². The lowest BCUT2D eigenvalue weighted by Gasteiger charge is -2.34. The predicted octanol–water partition coefficient (Wildman–Crippen LogP) is 1.15. The monoisotopic (exact) mass is 237 g/mol. The molecule has 0 aromatic rings. The van der Waals surface area contributed by atoms with Gasteiger partial charge in [0.15, 0.2) is 0 Å². The van der Waals surface area contributed by atoms with Crippen LogP contribution in [0.4, 0.5) is 0 Å². The molecule has 0 bridgehead atoms. The van der Waals surface area contributed by atoms with Crippen LogP contribution in [0.15, 0.2) is 0 Å². The molecule has 0 saturated carbocycles. The summed E-state index contributed by atoms with van der Waals surface area (Å²) >= 11 is 0. The van der Waals surface area contributed by atoms with Gasteiger partial charge in [0.25, 0.3) is 0 Å². The summed E-state index contributed by atoms with van der Waals surface area (Å²) in [4.78, 5) is 5.13. The van der Waals surface area contributed by atoms with E-state index in [9.17, 15) is 0 Å². The average molecular weight is 237 g/mol. The maximum atomic E-state index is 5.50. The first-order chi connectivity index (χ1) is 8.36. The van der Waals surface area contributed by atoms with Crippen LogP contribution in [-0.2, 0) is 0 Å². The van der Waals surface area contributed by atoms with Gasteiger partial charge in [-0.1, -0.05) is 0 Å². The number of nitrogens with two attached hydrogens (primary N) is 1. The van der Waals surface area contributed by atoms with Gasteiger partial charge in [0.2, 0.25) is 0 Å². The molecule has 1 heterocycles. The normalized spacial score (nSPS) is 18.1. The lowest BCUT2D eigenvalue weighted by atomic mass is 10.2. The highest BCUT2D eigenvalue weighted by molar-refractivity contribution is 4.83. The van der Waals surface area contributed by atoms with Gasteiger partial charge in [0.05, 0.1) is 0 Å². The van der Waals surface area contributed by atoms with Crippen molar-refractivity contribution < 1.29 is 0 Å². The molecule has 0 spiro atoms. The molecule has 1 fully saturated rings. The van der Waals surface area contributed by atoms with Crippen molar-refractivity contribution in [3.63, 3.8) is 0 Å². The summed E-state index contributed by atoms with van der Waals surface area (Å²) in [6.45, 7) is 8.16. The summed E-state index contributed by atoms with van der Waals surface area (Å²) in [6, 6.07) is 0. The van der Waals surface area contributed by atoms with E-state index in [0.717, 1.165) is 19.4 Å². The van der Waals surface area contributed by atoms with E-state index in [1.807, 2.05) is 0 Å². The van der Waals surface area contributed by atoms with Gasteiger partial charge in [-0.3, -0.25) is 0 Å². The third-order valence-corrected chi connectivity index (χ3v) is 3.44. The molecule has 3 heteroatoms.